The maximum Gasteiger partial charge on any atom is 0.119 e. The number of ether oxygens (including phenoxy) is 1. The maximum absolute atomic E-state index is 5.25. The van der Waals surface area contributed by atoms with Crippen molar-refractivity contribution in [3.63, 3.8) is 0 Å². The highest BCUT2D eigenvalue weighted by atomic mass is 79.9. The van der Waals surface area contributed by atoms with E-state index in [9.17, 15) is 0 Å². The minimum absolute atomic E-state index is 0.529. The fourth-order valence-electron chi connectivity index (χ4n) is 2.21. The molecule has 2 heteroatoms. The standard InChI is InChI=1S/C16H19BrO/c1-4-16(17)11(2)12-5-6-14-10-15(18-3)8-7-13(14)9-12/h5-11,16H,4H2,1-3H3. The molecule has 2 atom stereocenters. The van der Waals surface area contributed by atoms with Gasteiger partial charge < -0.3 is 4.74 Å². The molecule has 0 saturated heterocycles. The lowest BCUT2D eigenvalue weighted by molar-refractivity contribution is 0.415. The van der Waals surface area contributed by atoms with Crippen molar-refractivity contribution >= 4 is 26.7 Å². The molecule has 0 aliphatic carbocycles. The van der Waals surface area contributed by atoms with Crippen LogP contribution in [0.1, 0.15) is 31.7 Å². The van der Waals surface area contributed by atoms with Crippen LogP contribution in [0.15, 0.2) is 36.4 Å². The van der Waals surface area contributed by atoms with Crippen LogP contribution >= 0.6 is 15.9 Å². The van der Waals surface area contributed by atoms with Gasteiger partial charge in [-0.25, -0.2) is 0 Å². The number of rotatable bonds is 4. The Balaban J connectivity index is 2.38. The number of hydrogen-bond donors (Lipinski definition) is 0. The third-order valence-corrected chi connectivity index (χ3v) is 4.97. The highest BCUT2D eigenvalue weighted by molar-refractivity contribution is 9.09. The summed E-state index contributed by atoms with van der Waals surface area (Å²) < 4.78 is 5.25. The van der Waals surface area contributed by atoms with E-state index >= 15 is 0 Å². The lowest BCUT2D eigenvalue weighted by Crippen LogP contribution is -2.07. The molecule has 1 nitrogen and oxygen atoms in total. The van der Waals surface area contributed by atoms with Crippen molar-refractivity contribution in [1.82, 2.24) is 0 Å². The molecule has 0 aliphatic rings. The molecule has 96 valence electrons. The minimum Gasteiger partial charge on any atom is -0.497 e. The van der Waals surface area contributed by atoms with Crippen LogP contribution in [0.4, 0.5) is 0 Å². The monoisotopic (exact) mass is 306 g/mol. The Bertz CT molecular complexity index is 536. The molecule has 2 aromatic rings. The van der Waals surface area contributed by atoms with Crippen LogP contribution in [0, 0.1) is 0 Å². The predicted octanol–water partition coefficient (Wildman–Crippen LogP) is 5.13. The Labute approximate surface area is 117 Å². The van der Waals surface area contributed by atoms with E-state index in [1.165, 1.54) is 16.3 Å². The summed E-state index contributed by atoms with van der Waals surface area (Å²) in [6, 6.07) is 12.9. The first kappa shape index (κ1) is 13.4. The van der Waals surface area contributed by atoms with Gasteiger partial charge in [-0.15, -0.1) is 0 Å². The van der Waals surface area contributed by atoms with Crippen LogP contribution in [-0.4, -0.2) is 11.9 Å². The van der Waals surface area contributed by atoms with E-state index in [4.69, 9.17) is 4.74 Å². The fraction of sp³-hybridized carbons (Fsp3) is 0.375. The molecule has 0 heterocycles. The average molecular weight is 307 g/mol. The summed E-state index contributed by atoms with van der Waals surface area (Å²) in [5.41, 5.74) is 1.39. The van der Waals surface area contributed by atoms with Crippen molar-refractivity contribution in [2.75, 3.05) is 7.11 Å². The second-order valence-corrected chi connectivity index (χ2v) is 5.86. The van der Waals surface area contributed by atoms with Gasteiger partial charge in [-0.05, 0) is 40.8 Å². The molecule has 0 saturated carbocycles. The second kappa shape index (κ2) is 5.75. The van der Waals surface area contributed by atoms with Crippen molar-refractivity contribution in [2.24, 2.45) is 0 Å². The third-order valence-electron chi connectivity index (χ3n) is 3.53. The van der Waals surface area contributed by atoms with E-state index in [0.717, 1.165) is 12.2 Å². The highest BCUT2D eigenvalue weighted by Gasteiger charge is 2.14. The first-order chi connectivity index (χ1) is 8.65. The summed E-state index contributed by atoms with van der Waals surface area (Å²) >= 11 is 3.75. The van der Waals surface area contributed by atoms with Crippen molar-refractivity contribution in [2.45, 2.75) is 31.0 Å². The van der Waals surface area contributed by atoms with E-state index in [1.807, 2.05) is 6.07 Å². The number of fused-ring (bicyclic) bond motifs is 1. The Morgan fingerprint density at radius 3 is 2.44 bits per heavy atom. The summed E-state index contributed by atoms with van der Waals surface area (Å²) in [5, 5.41) is 2.50. The van der Waals surface area contributed by atoms with E-state index in [2.05, 4.69) is 60.1 Å². The van der Waals surface area contributed by atoms with Gasteiger partial charge in [0.2, 0.25) is 0 Å². The predicted molar refractivity (Wildman–Crippen MR) is 81.9 cm³/mol. The first-order valence-electron chi connectivity index (χ1n) is 6.37. The molecule has 2 unspecified atom stereocenters. The smallest absolute Gasteiger partial charge is 0.119 e. The average Bonchev–Trinajstić information content (AvgIpc) is 2.44. The number of methoxy groups -OCH3 is 1. The molecule has 0 fully saturated rings. The van der Waals surface area contributed by atoms with Crippen LogP contribution in [0.3, 0.4) is 0 Å². The van der Waals surface area contributed by atoms with E-state index in [-0.39, 0.29) is 0 Å². The van der Waals surface area contributed by atoms with Crippen LogP contribution in [0.25, 0.3) is 10.8 Å². The summed E-state index contributed by atoms with van der Waals surface area (Å²) in [4.78, 5) is 0.535. The van der Waals surface area contributed by atoms with Crippen molar-refractivity contribution in [1.29, 1.82) is 0 Å². The van der Waals surface area contributed by atoms with Gasteiger partial charge >= 0.3 is 0 Å². The summed E-state index contributed by atoms with van der Waals surface area (Å²) in [5.74, 6) is 1.44. The van der Waals surface area contributed by atoms with Gasteiger partial charge in [0, 0.05) is 4.83 Å². The zero-order chi connectivity index (χ0) is 13.1. The molecule has 0 bridgehead atoms. The normalized spacial score (nSPS) is 14.4. The number of alkyl halides is 1. The highest BCUT2D eigenvalue weighted by Crippen LogP contribution is 2.30. The Morgan fingerprint density at radius 2 is 1.78 bits per heavy atom. The number of hydrogen-bond acceptors (Lipinski definition) is 1. The molecule has 0 amide bonds. The number of halogens is 1. The second-order valence-electron chi connectivity index (χ2n) is 4.69. The summed E-state index contributed by atoms with van der Waals surface area (Å²) in [6.45, 7) is 4.48. The van der Waals surface area contributed by atoms with Gasteiger partial charge in [-0.3, -0.25) is 0 Å². The van der Waals surface area contributed by atoms with Gasteiger partial charge in [-0.2, -0.15) is 0 Å². The van der Waals surface area contributed by atoms with Gasteiger partial charge in [0.15, 0.2) is 0 Å². The summed E-state index contributed by atoms with van der Waals surface area (Å²) in [7, 11) is 1.70. The molecule has 0 aliphatic heterocycles. The SMILES string of the molecule is CCC(Br)C(C)c1ccc2cc(OC)ccc2c1. The minimum atomic E-state index is 0.529. The van der Waals surface area contributed by atoms with Crippen LogP contribution in [0.2, 0.25) is 0 Å². The Hall–Kier alpha value is -1.02. The van der Waals surface area contributed by atoms with Crippen molar-refractivity contribution in [3.05, 3.63) is 42.0 Å². The molecular weight excluding hydrogens is 288 g/mol. The topological polar surface area (TPSA) is 9.23 Å². The molecule has 18 heavy (non-hydrogen) atoms. The van der Waals surface area contributed by atoms with Gasteiger partial charge in [-0.1, -0.05) is 54.0 Å². The largest absolute Gasteiger partial charge is 0.497 e. The van der Waals surface area contributed by atoms with E-state index < -0.39 is 0 Å². The molecular formula is C16H19BrO. The zero-order valence-electron chi connectivity index (χ0n) is 11.1. The van der Waals surface area contributed by atoms with Gasteiger partial charge in [0.05, 0.1) is 7.11 Å². The molecule has 2 rings (SSSR count). The van der Waals surface area contributed by atoms with Crippen LogP contribution in [0.5, 0.6) is 5.75 Å². The van der Waals surface area contributed by atoms with Gasteiger partial charge in [0.25, 0.3) is 0 Å². The Morgan fingerprint density at radius 1 is 1.11 bits per heavy atom. The molecule has 0 aromatic heterocycles. The molecule has 0 spiro atoms. The van der Waals surface area contributed by atoms with Crippen LogP contribution < -0.4 is 4.74 Å². The lowest BCUT2D eigenvalue weighted by Gasteiger charge is -2.17. The van der Waals surface area contributed by atoms with Crippen molar-refractivity contribution < 1.29 is 4.74 Å². The van der Waals surface area contributed by atoms with E-state index in [0.29, 0.717) is 10.7 Å². The molecule has 0 radical (unpaired) electrons. The third kappa shape index (κ3) is 2.69. The summed E-state index contributed by atoms with van der Waals surface area (Å²) in [6.07, 6.45) is 1.14. The Kier molecular flexibility index (Phi) is 4.28. The van der Waals surface area contributed by atoms with Crippen LogP contribution in [-0.2, 0) is 0 Å². The quantitative estimate of drug-likeness (QED) is 0.712. The zero-order valence-corrected chi connectivity index (χ0v) is 12.7. The number of benzene rings is 2. The molecule has 0 N–H and O–H groups in total. The lowest BCUT2D eigenvalue weighted by atomic mass is 9.94. The fourth-order valence-corrected chi connectivity index (χ4v) is 2.52. The van der Waals surface area contributed by atoms with E-state index in [1.54, 1.807) is 7.11 Å². The van der Waals surface area contributed by atoms with Crippen molar-refractivity contribution in [3.8, 4) is 5.75 Å². The first-order valence-corrected chi connectivity index (χ1v) is 7.29. The van der Waals surface area contributed by atoms with Gasteiger partial charge in [0.1, 0.15) is 5.75 Å². The maximum atomic E-state index is 5.25. The molecule has 2 aromatic carbocycles.